The molecule has 1 aromatic carbocycles. The molecule has 0 saturated carbocycles. The first-order valence-electron chi connectivity index (χ1n) is 9.55. The normalized spacial score (nSPS) is 14.5. The Morgan fingerprint density at radius 2 is 2.00 bits per heavy atom. The Bertz CT molecular complexity index is 809. The Morgan fingerprint density at radius 1 is 1.26 bits per heavy atom. The predicted octanol–water partition coefficient (Wildman–Crippen LogP) is 3.44. The zero-order chi connectivity index (χ0) is 18.7. The van der Waals surface area contributed by atoms with Gasteiger partial charge in [-0.05, 0) is 68.7 Å². The van der Waals surface area contributed by atoms with Crippen LogP contribution < -0.4 is 10.6 Å². The number of halogens is 1. The van der Waals surface area contributed by atoms with E-state index < -0.39 is 0 Å². The fourth-order valence-electron chi connectivity index (χ4n) is 3.82. The molecule has 1 atom stereocenters. The minimum Gasteiger partial charge on any atom is -0.354 e. The fourth-order valence-corrected chi connectivity index (χ4v) is 3.82. The average Bonchev–Trinajstić information content (AvgIpc) is 3.18. The third kappa shape index (κ3) is 5.24. The van der Waals surface area contributed by atoms with E-state index in [-0.39, 0.29) is 30.0 Å². The highest BCUT2D eigenvalue weighted by atomic mass is 127. The summed E-state index contributed by atoms with van der Waals surface area (Å²) >= 11 is 0. The van der Waals surface area contributed by atoms with E-state index in [1.807, 2.05) is 18.8 Å². The van der Waals surface area contributed by atoms with Crippen LogP contribution in [0.4, 0.5) is 0 Å². The number of aromatic nitrogens is 2. The zero-order valence-corrected chi connectivity index (χ0v) is 19.4. The Morgan fingerprint density at radius 3 is 2.67 bits per heavy atom. The molecule has 6 heteroatoms. The second-order valence-electron chi connectivity index (χ2n) is 7.40. The molecule has 148 valence electrons. The Hall–Kier alpha value is -1.57. The molecule has 5 nitrogen and oxygen atoms in total. The number of benzene rings is 1. The summed E-state index contributed by atoms with van der Waals surface area (Å²) in [4.78, 5) is 4.38. The highest BCUT2D eigenvalue weighted by molar-refractivity contribution is 14.0. The van der Waals surface area contributed by atoms with Crippen molar-refractivity contribution in [2.24, 2.45) is 12.0 Å². The summed E-state index contributed by atoms with van der Waals surface area (Å²) in [5.74, 6) is 0.845. The fraction of sp³-hybridized carbons (Fsp3) is 0.524. The minimum atomic E-state index is 0. The first kappa shape index (κ1) is 21.7. The lowest BCUT2D eigenvalue weighted by atomic mass is 10.1. The summed E-state index contributed by atoms with van der Waals surface area (Å²) in [5, 5.41) is 11.5. The molecule has 1 aliphatic carbocycles. The van der Waals surface area contributed by atoms with Crippen molar-refractivity contribution in [2.75, 3.05) is 7.05 Å². The molecule has 0 spiro atoms. The summed E-state index contributed by atoms with van der Waals surface area (Å²) in [6.07, 6.45) is 4.68. The van der Waals surface area contributed by atoms with E-state index in [1.165, 1.54) is 47.2 Å². The molecular formula is C21H32IN5. The van der Waals surface area contributed by atoms with Gasteiger partial charge in [0.2, 0.25) is 0 Å². The molecule has 1 heterocycles. The van der Waals surface area contributed by atoms with Crippen LogP contribution >= 0.6 is 24.0 Å². The Labute approximate surface area is 180 Å². The topological polar surface area (TPSA) is 54.2 Å². The average molecular weight is 481 g/mol. The van der Waals surface area contributed by atoms with Crippen molar-refractivity contribution in [2.45, 2.75) is 59.0 Å². The largest absolute Gasteiger partial charge is 0.354 e. The van der Waals surface area contributed by atoms with Crippen LogP contribution in [0.2, 0.25) is 0 Å². The second kappa shape index (κ2) is 9.57. The highest BCUT2D eigenvalue weighted by Gasteiger charge is 2.14. The van der Waals surface area contributed by atoms with Gasteiger partial charge in [0.05, 0.1) is 5.69 Å². The summed E-state index contributed by atoms with van der Waals surface area (Å²) in [6, 6.07) is 7.14. The quantitative estimate of drug-likeness (QED) is 0.391. The van der Waals surface area contributed by atoms with E-state index in [4.69, 9.17) is 0 Å². The van der Waals surface area contributed by atoms with Gasteiger partial charge in [-0.3, -0.25) is 9.67 Å². The molecule has 27 heavy (non-hydrogen) atoms. The summed E-state index contributed by atoms with van der Waals surface area (Å²) in [5.41, 5.74) is 8.02. The molecule has 0 saturated heterocycles. The number of hydrogen-bond donors (Lipinski definition) is 2. The van der Waals surface area contributed by atoms with Crippen LogP contribution in [-0.2, 0) is 32.9 Å². The highest BCUT2D eigenvalue weighted by Crippen LogP contribution is 2.22. The number of hydrogen-bond acceptors (Lipinski definition) is 2. The van der Waals surface area contributed by atoms with E-state index in [0.29, 0.717) is 0 Å². The van der Waals surface area contributed by atoms with Crippen molar-refractivity contribution < 1.29 is 0 Å². The number of fused-ring (bicyclic) bond motifs is 1. The van der Waals surface area contributed by atoms with Crippen LogP contribution in [-0.4, -0.2) is 28.8 Å². The van der Waals surface area contributed by atoms with E-state index >= 15 is 0 Å². The SMILES string of the molecule is CN=C(NCc1ccc2c(c1)CCC2)NC(C)Cc1c(C)nn(C)c1C.I. The maximum atomic E-state index is 4.51. The summed E-state index contributed by atoms with van der Waals surface area (Å²) in [7, 11) is 3.83. The van der Waals surface area contributed by atoms with Crippen molar-refractivity contribution in [1.82, 2.24) is 20.4 Å². The summed E-state index contributed by atoms with van der Waals surface area (Å²) in [6.45, 7) is 7.19. The van der Waals surface area contributed by atoms with Crippen LogP contribution in [0.1, 0.15) is 47.0 Å². The third-order valence-electron chi connectivity index (χ3n) is 5.40. The standard InChI is InChI=1S/C21H31N5.HI/c1-14(11-20-15(2)25-26(5)16(20)3)24-21(22-4)23-13-17-9-10-18-7-6-8-19(18)12-17;/h9-10,12,14H,6-8,11,13H2,1-5H3,(H2,22,23,24);1H. The lowest BCUT2D eigenvalue weighted by Gasteiger charge is -2.18. The van der Waals surface area contributed by atoms with Gasteiger partial charge in [-0.25, -0.2) is 0 Å². The number of rotatable bonds is 5. The lowest BCUT2D eigenvalue weighted by molar-refractivity contribution is 0.635. The maximum Gasteiger partial charge on any atom is 0.191 e. The maximum absolute atomic E-state index is 4.51. The van der Waals surface area contributed by atoms with Crippen LogP contribution in [0.3, 0.4) is 0 Å². The molecule has 1 aliphatic rings. The summed E-state index contributed by atoms with van der Waals surface area (Å²) < 4.78 is 1.96. The number of aryl methyl sites for hydroxylation is 4. The van der Waals surface area contributed by atoms with Gasteiger partial charge in [-0.15, -0.1) is 24.0 Å². The van der Waals surface area contributed by atoms with Crippen LogP contribution in [0, 0.1) is 13.8 Å². The van der Waals surface area contributed by atoms with E-state index in [1.54, 1.807) is 0 Å². The first-order valence-corrected chi connectivity index (χ1v) is 9.55. The molecule has 1 aromatic heterocycles. The van der Waals surface area contributed by atoms with Crippen molar-refractivity contribution >= 4 is 29.9 Å². The smallest absolute Gasteiger partial charge is 0.191 e. The number of aliphatic imine (C=N–C) groups is 1. The van der Waals surface area contributed by atoms with Gasteiger partial charge >= 0.3 is 0 Å². The number of nitrogens with one attached hydrogen (secondary N) is 2. The van der Waals surface area contributed by atoms with Gasteiger partial charge in [0.25, 0.3) is 0 Å². The van der Waals surface area contributed by atoms with Gasteiger partial charge in [0.1, 0.15) is 0 Å². The minimum absolute atomic E-state index is 0. The van der Waals surface area contributed by atoms with Crippen molar-refractivity contribution in [1.29, 1.82) is 0 Å². The van der Waals surface area contributed by atoms with Crippen molar-refractivity contribution in [3.63, 3.8) is 0 Å². The van der Waals surface area contributed by atoms with E-state index in [9.17, 15) is 0 Å². The second-order valence-corrected chi connectivity index (χ2v) is 7.40. The molecule has 0 bridgehead atoms. The molecule has 0 radical (unpaired) electrons. The number of nitrogens with zero attached hydrogens (tertiary/aromatic N) is 3. The van der Waals surface area contributed by atoms with Gasteiger partial charge < -0.3 is 10.6 Å². The molecule has 2 N–H and O–H groups in total. The Kier molecular flexibility index (Phi) is 7.70. The monoisotopic (exact) mass is 481 g/mol. The van der Waals surface area contributed by atoms with Crippen LogP contribution in [0.5, 0.6) is 0 Å². The zero-order valence-electron chi connectivity index (χ0n) is 17.1. The van der Waals surface area contributed by atoms with Gasteiger partial charge in [-0.1, -0.05) is 18.2 Å². The number of guanidine groups is 1. The van der Waals surface area contributed by atoms with E-state index in [2.05, 4.69) is 59.7 Å². The van der Waals surface area contributed by atoms with Crippen LogP contribution in [0.15, 0.2) is 23.2 Å². The first-order chi connectivity index (χ1) is 12.5. The predicted molar refractivity (Wildman–Crippen MR) is 123 cm³/mol. The van der Waals surface area contributed by atoms with E-state index in [0.717, 1.165) is 24.6 Å². The molecule has 1 unspecified atom stereocenters. The van der Waals surface area contributed by atoms with Crippen LogP contribution in [0.25, 0.3) is 0 Å². The van der Waals surface area contributed by atoms with Gasteiger partial charge in [0, 0.05) is 32.4 Å². The third-order valence-corrected chi connectivity index (χ3v) is 5.40. The van der Waals surface area contributed by atoms with Gasteiger partial charge in [-0.2, -0.15) is 5.10 Å². The molecule has 0 amide bonds. The van der Waals surface area contributed by atoms with Crippen molar-refractivity contribution in [3.05, 3.63) is 51.8 Å². The Balaban J connectivity index is 0.00000261. The molecule has 2 aromatic rings. The molecule has 0 fully saturated rings. The molecule has 0 aliphatic heterocycles. The van der Waals surface area contributed by atoms with Gasteiger partial charge in [0.15, 0.2) is 5.96 Å². The molecule has 3 rings (SSSR count). The van der Waals surface area contributed by atoms with Crippen molar-refractivity contribution in [3.8, 4) is 0 Å². The molecular weight excluding hydrogens is 449 g/mol. The lowest BCUT2D eigenvalue weighted by Crippen LogP contribution is -2.42.